The van der Waals surface area contributed by atoms with Gasteiger partial charge in [0.1, 0.15) is 0 Å². The summed E-state index contributed by atoms with van der Waals surface area (Å²) in [5.41, 5.74) is 9.07. The molecule has 0 radical (unpaired) electrons. The summed E-state index contributed by atoms with van der Waals surface area (Å²) in [4.78, 5) is 20.6. The van der Waals surface area contributed by atoms with E-state index in [1.165, 1.54) is 21.8 Å². The largest absolute Gasteiger partial charge is 0.309 e. The van der Waals surface area contributed by atoms with Gasteiger partial charge < -0.3 is 4.57 Å². The Morgan fingerprint density at radius 1 is 0.327 bits per heavy atom. The van der Waals surface area contributed by atoms with Gasteiger partial charge in [0, 0.05) is 49.5 Å². The van der Waals surface area contributed by atoms with Crippen LogP contribution in [0.1, 0.15) is 0 Å². The van der Waals surface area contributed by atoms with Crippen molar-refractivity contribution < 1.29 is 0 Å². The highest BCUT2D eigenvalue weighted by molar-refractivity contribution is 6.13. The summed E-state index contributed by atoms with van der Waals surface area (Å²) < 4.78 is 2.37. The van der Waals surface area contributed by atoms with Crippen molar-refractivity contribution in [2.24, 2.45) is 0 Å². The number of rotatable bonds is 5. The first-order chi connectivity index (χ1) is 27.3. The Morgan fingerprint density at radius 3 is 1.71 bits per heavy atom. The van der Waals surface area contributed by atoms with Crippen molar-refractivity contribution >= 4 is 54.3 Å². The van der Waals surface area contributed by atoms with E-state index in [1.807, 2.05) is 30.3 Å². The van der Waals surface area contributed by atoms with Crippen molar-refractivity contribution in [3.8, 4) is 51.1 Å². The Bertz CT molecular complexity index is 3220. The molecule has 0 aliphatic heterocycles. The van der Waals surface area contributed by atoms with Crippen molar-refractivity contribution in [1.29, 1.82) is 0 Å². The smallest absolute Gasteiger partial charge is 0.164 e. The van der Waals surface area contributed by atoms with Crippen molar-refractivity contribution in [2.45, 2.75) is 0 Å². The highest BCUT2D eigenvalue weighted by Gasteiger charge is 2.18. The highest BCUT2D eigenvalue weighted by Crippen LogP contribution is 2.38. The molecule has 0 atom stereocenters. The summed E-state index contributed by atoms with van der Waals surface area (Å²) in [6.07, 6.45) is 0. The van der Waals surface area contributed by atoms with Gasteiger partial charge >= 0.3 is 0 Å². The SMILES string of the molecule is c1ccc(-c2nc(-c3cccc(-c4nc5ccccc5c5ccc(-n6c7ccccc7c7ccccc76)cc45)c3)nc(-c3cccc4ccccc34)n2)cc1. The summed E-state index contributed by atoms with van der Waals surface area (Å²) in [5.74, 6) is 1.87. The second kappa shape index (κ2) is 12.6. The number of pyridine rings is 1. The third kappa shape index (κ3) is 5.17. The van der Waals surface area contributed by atoms with Gasteiger partial charge in [-0.15, -0.1) is 0 Å². The highest BCUT2D eigenvalue weighted by atomic mass is 15.0. The maximum absolute atomic E-state index is 5.36. The molecule has 11 rings (SSSR count). The molecule has 0 N–H and O–H groups in total. The molecule has 8 aromatic carbocycles. The lowest BCUT2D eigenvalue weighted by Gasteiger charge is -2.14. The van der Waals surface area contributed by atoms with Crippen LogP contribution in [0.15, 0.2) is 188 Å². The Balaban J connectivity index is 1.13. The van der Waals surface area contributed by atoms with Crippen molar-refractivity contribution in [2.75, 3.05) is 0 Å². The van der Waals surface area contributed by atoms with E-state index < -0.39 is 0 Å². The number of aromatic nitrogens is 5. The molecular formula is C50H31N5. The molecule has 3 heterocycles. The van der Waals surface area contributed by atoms with Gasteiger partial charge in [-0.2, -0.15) is 0 Å². The lowest BCUT2D eigenvalue weighted by Crippen LogP contribution is -2.01. The zero-order valence-corrected chi connectivity index (χ0v) is 29.6. The standard InChI is InChI=1S/C50H31N5/c1-2-15-33(16-3-1)48-52-49(54-50(53-48)42-24-13-17-32-14-4-5-20-37(32)42)35-19-12-18-34(30-35)47-43-31-36(28-29-38(43)39-21-6-9-25-44(39)51-47)55-45-26-10-7-22-40(45)41-23-8-11-27-46(41)55/h1-31H. The quantitative estimate of drug-likeness (QED) is 0.168. The van der Waals surface area contributed by atoms with Crippen molar-refractivity contribution in [1.82, 2.24) is 24.5 Å². The molecule has 0 aliphatic rings. The van der Waals surface area contributed by atoms with Crippen LogP contribution in [0.4, 0.5) is 0 Å². The predicted molar refractivity (Wildman–Crippen MR) is 226 cm³/mol. The molecule has 256 valence electrons. The molecule has 0 spiro atoms. The van der Waals surface area contributed by atoms with E-state index in [4.69, 9.17) is 19.9 Å². The minimum Gasteiger partial charge on any atom is -0.309 e. The predicted octanol–water partition coefficient (Wildman–Crippen LogP) is 12.5. The van der Waals surface area contributed by atoms with E-state index >= 15 is 0 Å². The molecule has 0 amide bonds. The molecule has 0 bridgehead atoms. The minimum atomic E-state index is 0.606. The van der Waals surface area contributed by atoms with E-state index in [2.05, 4.69) is 162 Å². The first-order valence-electron chi connectivity index (χ1n) is 18.5. The Kier molecular flexibility index (Phi) is 7.10. The third-order valence-corrected chi connectivity index (χ3v) is 10.6. The molecule has 0 saturated heterocycles. The molecule has 55 heavy (non-hydrogen) atoms. The molecule has 0 fully saturated rings. The van der Waals surface area contributed by atoms with Gasteiger partial charge in [-0.25, -0.2) is 19.9 Å². The van der Waals surface area contributed by atoms with Crippen LogP contribution < -0.4 is 0 Å². The van der Waals surface area contributed by atoms with Crippen LogP contribution in [0.5, 0.6) is 0 Å². The summed E-state index contributed by atoms with van der Waals surface area (Å²) in [7, 11) is 0. The zero-order valence-electron chi connectivity index (χ0n) is 29.6. The number of fused-ring (bicyclic) bond motifs is 7. The lowest BCUT2D eigenvalue weighted by atomic mass is 9.98. The molecular weight excluding hydrogens is 671 g/mol. The first kappa shape index (κ1) is 31.1. The van der Waals surface area contributed by atoms with Gasteiger partial charge in [-0.3, -0.25) is 0 Å². The second-order valence-electron chi connectivity index (χ2n) is 13.9. The number of benzene rings is 8. The summed E-state index contributed by atoms with van der Waals surface area (Å²) in [6.45, 7) is 0. The Labute approximate surface area is 316 Å². The molecule has 11 aromatic rings. The molecule has 5 heteroatoms. The van der Waals surface area contributed by atoms with Crippen molar-refractivity contribution in [3.63, 3.8) is 0 Å². The Hall–Kier alpha value is -7.50. The first-order valence-corrected chi connectivity index (χ1v) is 18.5. The Morgan fingerprint density at radius 2 is 0.909 bits per heavy atom. The molecule has 0 unspecified atom stereocenters. The molecule has 0 saturated carbocycles. The van der Waals surface area contributed by atoms with E-state index in [9.17, 15) is 0 Å². The fourth-order valence-corrected chi connectivity index (χ4v) is 8.07. The van der Waals surface area contributed by atoms with Gasteiger partial charge in [0.05, 0.1) is 22.2 Å². The van der Waals surface area contributed by atoms with E-state index in [-0.39, 0.29) is 0 Å². The van der Waals surface area contributed by atoms with E-state index in [0.29, 0.717) is 17.5 Å². The van der Waals surface area contributed by atoms with E-state index in [1.54, 1.807) is 0 Å². The van der Waals surface area contributed by atoms with E-state index in [0.717, 1.165) is 66.1 Å². The van der Waals surface area contributed by atoms with Gasteiger partial charge in [0.2, 0.25) is 0 Å². The zero-order chi connectivity index (χ0) is 36.3. The normalized spacial score (nSPS) is 11.6. The molecule has 0 aliphatic carbocycles. The lowest BCUT2D eigenvalue weighted by molar-refractivity contribution is 1.08. The maximum atomic E-state index is 5.36. The number of hydrogen-bond acceptors (Lipinski definition) is 4. The fraction of sp³-hybridized carbons (Fsp3) is 0. The maximum Gasteiger partial charge on any atom is 0.164 e. The molecule has 5 nitrogen and oxygen atoms in total. The number of nitrogens with zero attached hydrogens (tertiary/aromatic N) is 5. The average Bonchev–Trinajstić information content (AvgIpc) is 3.60. The van der Waals surface area contributed by atoms with Crippen LogP contribution in [0.3, 0.4) is 0 Å². The molecule has 3 aromatic heterocycles. The summed E-state index contributed by atoms with van der Waals surface area (Å²) in [6, 6.07) is 65.7. The van der Waals surface area contributed by atoms with Crippen LogP contribution in [0, 0.1) is 0 Å². The van der Waals surface area contributed by atoms with Crippen LogP contribution in [-0.2, 0) is 0 Å². The van der Waals surface area contributed by atoms with Gasteiger partial charge in [-0.1, -0.05) is 152 Å². The second-order valence-corrected chi connectivity index (χ2v) is 13.9. The number of para-hydroxylation sites is 3. The summed E-state index contributed by atoms with van der Waals surface area (Å²) >= 11 is 0. The topological polar surface area (TPSA) is 56.5 Å². The minimum absolute atomic E-state index is 0.606. The van der Waals surface area contributed by atoms with Gasteiger partial charge in [0.25, 0.3) is 0 Å². The average molecular weight is 702 g/mol. The van der Waals surface area contributed by atoms with Crippen LogP contribution in [0.2, 0.25) is 0 Å². The van der Waals surface area contributed by atoms with Crippen molar-refractivity contribution in [3.05, 3.63) is 188 Å². The number of hydrogen-bond donors (Lipinski definition) is 0. The summed E-state index contributed by atoms with van der Waals surface area (Å²) in [5, 5.41) is 8.06. The monoisotopic (exact) mass is 701 g/mol. The van der Waals surface area contributed by atoms with Crippen LogP contribution in [0.25, 0.3) is 105 Å². The fourth-order valence-electron chi connectivity index (χ4n) is 8.07. The van der Waals surface area contributed by atoms with Crippen LogP contribution in [-0.4, -0.2) is 24.5 Å². The van der Waals surface area contributed by atoms with Crippen LogP contribution >= 0.6 is 0 Å². The van der Waals surface area contributed by atoms with Gasteiger partial charge in [-0.05, 0) is 52.6 Å². The van der Waals surface area contributed by atoms with Gasteiger partial charge in [0.15, 0.2) is 17.5 Å². The third-order valence-electron chi connectivity index (χ3n) is 10.6.